The molecule has 0 radical (unpaired) electrons. The molecule has 174 valence electrons. The summed E-state index contributed by atoms with van der Waals surface area (Å²) in [5.74, 6) is 1.54. The van der Waals surface area contributed by atoms with Crippen LogP contribution in [0.1, 0.15) is 18.4 Å². The van der Waals surface area contributed by atoms with Gasteiger partial charge in [-0.2, -0.15) is 0 Å². The predicted octanol–water partition coefficient (Wildman–Crippen LogP) is 3.46. The summed E-state index contributed by atoms with van der Waals surface area (Å²) in [7, 11) is 0. The topological polar surface area (TPSA) is 54.4 Å². The molecule has 2 aromatic carbocycles. The van der Waals surface area contributed by atoms with E-state index in [0.717, 1.165) is 32.0 Å². The van der Waals surface area contributed by atoms with Gasteiger partial charge in [0.05, 0.1) is 13.2 Å². The minimum Gasteiger partial charge on any atom is -0.492 e. The third-order valence-corrected chi connectivity index (χ3v) is 6.18. The maximum absolute atomic E-state index is 11.1. The van der Waals surface area contributed by atoms with Crippen LogP contribution in [0, 0.1) is 0 Å². The Hall–Kier alpha value is -1.83. The van der Waals surface area contributed by atoms with Crippen molar-refractivity contribution in [3.8, 4) is 11.5 Å². The van der Waals surface area contributed by atoms with Crippen LogP contribution in [0.5, 0.6) is 11.5 Å². The zero-order valence-corrected chi connectivity index (χ0v) is 19.3. The minimum atomic E-state index is -1.09. The summed E-state index contributed by atoms with van der Waals surface area (Å²) >= 11 is 6.02. The van der Waals surface area contributed by atoms with E-state index in [0.29, 0.717) is 23.9 Å². The summed E-state index contributed by atoms with van der Waals surface area (Å²) in [4.78, 5) is 4.66. The SMILES string of the molecule is O[C@]1(COc2cccc(Cl)c2)COCCN(Cc2ccc(OCCN3CCCC3)cc2)C1. The van der Waals surface area contributed by atoms with E-state index in [1.807, 2.05) is 24.3 Å². The summed E-state index contributed by atoms with van der Waals surface area (Å²) in [5.41, 5.74) is 0.0918. The van der Waals surface area contributed by atoms with Crippen LogP contribution >= 0.6 is 11.6 Å². The highest BCUT2D eigenvalue weighted by Crippen LogP contribution is 2.21. The van der Waals surface area contributed by atoms with Crippen molar-refractivity contribution in [2.24, 2.45) is 0 Å². The van der Waals surface area contributed by atoms with Gasteiger partial charge in [0.15, 0.2) is 0 Å². The van der Waals surface area contributed by atoms with Crippen molar-refractivity contribution in [2.75, 3.05) is 59.2 Å². The molecule has 6 nitrogen and oxygen atoms in total. The zero-order valence-electron chi connectivity index (χ0n) is 18.5. The van der Waals surface area contributed by atoms with Gasteiger partial charge < -0.3 is 19.3 Å². The number of ether oxygens (including phenoxy) is 3. The lowest BCUT2D eigenvalue weighted by atomic mass is 10.1. The Kier molecular flexibility index (Phi) is 8.27. The third kappa shape index (κ3) is 7.09. The first-order valence-corrected chi connectivity index (χ1v) is 11.8. The summed E-state index contributed by atoms with van der Waals surface area (Å²) in [6.45, 7) is 7.04. The lowest BCUT2D eigenvalue weighted by molar-refractivity contribution is -0.0646. The Morgan fingerprint density at radius 1 is 0.969 bits per heavy atom. The fraction of sp³-hybridized carbons (Fsp3) is 0.520. The molecule has 2 saturated heterocycles. The van der Waals surface area contributed by atoms with Crippen molar-refractivity contribution in [3.05, 3.63) is 59.1 Å². The van der Waals surface area contributed by atoms with Crippen molar-refractivity contribution >= 4 is 11.6 Å². The Balaban J connectivity index is 1.26. The van der Waals surface area contributed by atoms with E-state index in [1.54, 1.807) is 12.1 Å². The number of aliphatic hydroxyl groups is 1. The summed E-state index contributed by atoms with van der Waals surface area (Å²) in [6.07, 6.45) is 2.61. The summed E-state index contributed by atoms with van der Waals surface area (Å²) in [6, 6.07) is 15.5. The van der Waals surface area contributed by atoms with Crippen molar-refractivity contribution in [1.82, 2.24) is 9.80 Å². The van der Waals surface area contributed by atoms with Crippen LogP contribution < -0.4 is 9.47 Å². The van der Waals surface area contributed by atoms with Crippen molar-refractivity contribution in [1.29, 1.82) is 0 Å². The molecule has 2 aliphatic rings. The Labute approximate surface area is 195 Å². The average molecular weight is 461 g/mol. The van der Waals surface area contributed by atoms with Gasteiger partial charge in [0.2, 0.25) is 0 Å². The molecule has 1 N–H and O–H groups in total. The molecule has 2 fully saturated rings. The van der Waals surface area contributed by atoms with E-state index in [9.17, 15) is 5.11 Å². The minimum absolute atomic E-state index is 0.146. The number of hydrogen-bond donors (Lipinski definition) is 1. The molecule has 2 heterocycles. The van der Waals surface area contributed by atoms with Gasteiger partial charge in [0.25, 0.3) is 0 Å². The first kappa shape index (κ1) is 23.3. The maximum atomic E-state index is 11.1. The molecule has 0 spiro atoms. The van der Waals surface area contributed by atoms with Crippen LogP contribution in [0.4, 0.5) is 0 Å². The molecular weight excluding hydrogens is 428 g/mol. The number of nitrogens with zero attached hydrogens (tertiary/aromatic N) is 2. The highest BCUT2D eigenvalue weighted by Gasteiger charge is 2.33. The summed E-state index contributed by atoms with van der Waals surface area (Å²) < 4.78 is 17.4. The predicted molar refractivity (Wildman–Crippen MR) is 126 cm³/mol. The quantitative estimate of drug-likeness (QED) is 0.618. The Morgan fingerprint density at radius 2 is 1.78 bits per heavy atom. The lowest BCUT2D eigenvalue weighted by Gasteiger charge is -2.30. The first-order chi connectivity index (χ1) is 15.6. The van der Waals surface area contributed by atoms with Crippen LogP contribution in [0.25, 0.3) is 0 Å². The molecule has 4 rings (SSSR count). The number of benzene rings is 2. The van der Waals surface area contributed by atoms with Gasteiger partial charge in [-0.05, 0) is 61.8 Å². The van der Waals surface area contributed by atoms with Crippen LogP contribution in [-0.2, 0) is 11.3 Å². The highest BCUT2D eigenvalue weighted by atomic mass is 35.5. The number of likely N-dealkylation sites (tertiary alicyclic amines) is 1. The zero-order chi connectivity index (χ0) is 22.2. The van der Waals surface area contributed by atoms with E-state index in [2.05, 4.69) is 21.9 Å². The van der Waals surface area contributed by atoms with Crippen molar-refractivity contribution in [3.63, 3.8) is 0 Å². The lowest BCUT2D eigenvalue weighted by Crippen LogP contribution is -2.48. The molecular formula is C25H33ClN2O4. The number of halogens is 1. The van der Waals surface area contributed by atoms with Gasteiger partial charge in [-0.1, -0.05) is 29.8 Å². The molecule has 2 aliphatic heterocycles. The molecule has 2 aromatic rings. The van der Waals surface area contributed by atoms with Gasteiger partial charge in [0, 0.05) is 31.2 Å². The van der Waals surface area contributed by atoms with Crippen LogP contribution in [0.3, 0.4) is 0 Å². The van der Waals surface area contributed by atoms with Crippen molar-refractivity contribution in [2.45, 2.75) is 25.0 Å². The fourth-order valence-electron chi connectivity index (χ4n) is 4.24. The summed E-state index contributed by atoms with van der Waals surface area (Å²) in [5, 5.41) is 11.7. The molecule has 0 unspecified atom stereocenters. The van der Waals surface area contributed by atoms with Gasteiger partial charge in [-0.15, -0.1) is 0 Å². The molecule has 32 heavy (non-hydrogen) atoms. The number of β-amino-alcohol motifs (C(OH)–C–C–N with tert-alkyl or cyclic N) is 1. The smallest absolute Gasteiger partial charge is 0.134 e. The highest BCUT2D eigenvalue weighted by molar-refractivity contribution is 6.30. The monoisotopic (exact) mass is 460 g/mol. The van der Waals surface area contributed by atoms with E-state index in [1.165, 1.54) is 31.5 Å². The molecule has 0 saturated carbocycles. The number of rotatable bonds is 9. The standard InChI is InChI=1S/C25H33ClN2O4/c26-22-4-3-5-24(16-22)32-20-25(29)18-28(12-14-30-19-25)17-21-6-8-23(9-7-21)31-15-13-27-10-1-2-11-27/h3-9,16,29H,1-2,10-15,17-20H2/t25-/m0/s1. The fourth-order valence-corrected chi connectivity index (χ4v) is 4.42. The maximum Gasteiger partial charge on any atom is 0.134 e. The van der Waals surface area contributed by atoms with Crippen LogP contribution in [-0.4, -0.2) is 79.7 Å². The Morgan fingerprint density at radius 3 is 2.56 bits per heavy atom. The Bertz CT molecular complexity index is 844. The largest absolute Gasteiger partial charge is 0.492 e. The molecule has 7 heteroatoms. The second-order valence-corrected chi connectivity index (χ2v) is 9.21. The number of hydrogen-bond acceptors (Lipinski definition) is 6. The van der Waals surface area contributed by atoms with Gasteiger partial charge >= 0.3 is 0 Å². The molecule has 1 atom stereocenters. The van der Waals surface area contributed by atoms with E-state index >= 15 is 0 Å². The van der Waals surface area contributed by atoms with Crippen LogP contribution in [0.2, 0.25) is 5.02 Å². The third-order valence-electron chi connectivity index (χ3n) is 5.95. The van der Waals surface area contributed by atoms with Crippen LogP contribution in [0.15, 0.2) is 48.5 Å². The normalized spacial score (nSPS) is 22.6. The van der Waals surface area contributed by atoms with Gasteiger partial charge in [-0.3, -0.25) is 9.80 Å². The second-order valence-electron chi connectivity index (χ2n) is 8.77. The van der Waals surface area contributed by atoms with E-state index in [-0.39, 0.29) is 13.2 Å². The molecule has 0 aromatic heterocycles. The second kappa shape index (κ2) is 11.3. The van der Waals surface area contributed by atoms with Gasteiger partial charge in [-0.25, -0.2) is 0 Å². The van der Waals surface area contributed by atoms with Gasteiger partial charge in [0.1, 0.15) is 30.3 Å². The van der Waals surface area contributed by atoms with E-state index < -0.39 is 5.60 Å². The molecule has 0 bridgehead atoms. The van der Waals surface area contributed by atoms with Crippen molar-refractivity contribution < 1.29 is 19.3 Å². The molecule has 0 aliphatic carbocycles. The average Bonchev–Trinajstić information content (AvgIpc) is 3.23. The first-order valence-electron chi connectivity index (χ1n) is 11.4. The molecule has 0 amide bonds. The van der Waals surface area contributed by atoms with E-state index in [4.69, 9.17) is 25.8 Å².